The van der Waals surface area contributed by atoms with E-state index >= 15 is 0 Å². The fraction of sp³-hybridized carbons (Fsp3) is 0.667. The summed E-state index contributed by atoms with van der Waals surface area (Å²) in [4.78, 5) is 8.29. The molecule has 0 bridgehead atoms. The Balaban J connectivity index is 1.94. The van der Waals surface area contributed by atoms with Crippen LogP contribution in [0.3, 0.4) is 0 Å². The van der Waals surface area contributed by atoms with Gasteiger partial charge in [0.2, 0.25) is 5.88 Å². The van der Waals surface area contributed by atoms with Crippen LogP contribution in [-0.2, 0) is 11.3 Å². The summed E-state index contributed by atoms with van der Waals surface area (Å²) in [6.45, 7) is 1.07. The SMILES string of the molecule is COCc1nc(Cl)cc(OCC2CCCC2)n1. The van der Waals surface area contributed by atoms with E-state index < -0.39 is 0 Å². The van der Waals surface area contributed by atoms with Crippen molar-refractivity contribution in [1.29, 1.82) is 0 Å². The zero-order valence-electron chi connectivity index (χ0n) is 9.99. The molecule has 0 saturated heterocycles. The van der Waals surface area contributed by atoms with Crippen LogP contribution in [0.1, 0.15) is 31.5 Å². The molecule has 0 N–H and O–H groups in total. The molecule has 1 aromatic rings. The lowest BCUT2D eigenvalue weighted by atomic mass is 10.1. The molecule has 1 heterocycles. The number of methoxy groups -OCH3 is 1. The van der Waals surface area contributed by atoms with E-state index in [9.17, 15) is 0 Å². The van der Waals surface area contributed by atoms with Gasteiger partial charge in [-0.1, -0.05) is 24.4 Å². The lowest BCUT2D eigenvalue weighted by molar-refractivity contribution is 0.175. The third kappa shape index (κ3) is 3.82. The van der Waals surface area contributed by atoms with Crippen molar-refractivity contribution in [2.45, 2.75) is 32.3 Å². The summed E-state index contributed by atoms with van der Waals surface area (Å²) in [5, 5.41) is 0.397. The van der Waals surface area contributed by atoms with Gasteiger partial charge in [-0.25, -0.2) is 4.98 Å². The summed E-state index contributed by atoms with van der Waals surface area (Å²) in [6.07, 6.45) is 5.13. The average molecular weight is 257 g/mol. The summed E-state index contributed by atoms with van der Waals surface area (Å²) < 4.78 is 10.6. The standard InChI is InChI=1S/C12H17ClN2O2/c1-16-8-11-14-10(13)6-12(15-11)17-7-9-4-2-3-5-9/h6,9H,2-5,7-8H2,1H3. The third-order valence-electron chi connectivity index (χ3n) is 2.93. The summed E-state index contributed by atoms with van der Waals surface area (Å²) in [6, 6.07) is 1.65. The maximum atomic E-state index is 5.89. The number of ether oxygens (including phenoxy) is 2. The number of halogens is 1. The average Bonchev–Trinajstić information content (AvgIpc) is 2.79. The molecule has 94 valence electrons. The van der Waals surface area contributed by atoms with Crippen LogP contribution in [0.25, 0.3) is 0 Å². The Kier molecular flexibility index (Phi) is 4.57. The molecule has 0 aliphatic heterocycles. The zero-order valence-corrected chi connectivity index (χ0v) is 10.7. The van der Waals surface area contributed by atoms with Gasteiger partial charge in [-0.05, 0) is 18.8 Å². The molecule has 2 rings (SSSR count). The van der Waals surface area contributed by atoms with Crippen LogP contribution in [0, 0.1) is 5.92 Å². The normalized spacial score (nSPS) is 16.4. The molecule has 1 aliphatic carbocycles. The largest absolute Gasteiger partial charge is 0.477 e. The molecule has 5 heteroatoms. The van der Waals surface area contributed by atoms with Crippen molar-refractivity contribution in [1.82, 2.24) is 9.97 Å². The van der Waals surface area contributed by atoms with Gasteiger partial charge in [-0.3, -0.25) is 0 Å². The van der Waals surface area contributed by atoms with Crippen molar-refractivity contribution in [3.05, 3.63) is 17.0 Å². The van der Waals surface area contributed by atoms with Gasteiger partial charge in [0.05, 0.1) is 6.61 Å². The van der Waals surface area contributed by atoms with Gasteiger partial charge in [0.25, 0.3) is 0 Å². The summed E-state index contributed by atoms with van der Waals surface area (Å²) in [5.74, 6) is 1.76. The summed E-state index contributed by atoms with van der Waals surface area (Å²) >= 11 is 5.89. The first-order chi connectivity index (χ1) is 8.28. The van der Waals surface area contributed by atoms with E-state index in [1.807, 2.05) is 0 Å². The molecule has 17 heavy (non-hydrogen) atoms. The lowest BCUT2D eigenvalue weighted by Crippen LogP contribution is -2.10. The van der Waals surface area contributed by atoms with E-state index in [1.54, 1.807) is 13.2 Å². The molecular formula is C12H17ClN2O2. The summed E-state index contributed by atoms with van der Waals surface area (Å²) in [7, 11) is 1.60. The van der Waals surface area contributed by atoms with Crippen LogP contribution in [0.4, 0.5) is 0 Å². The van der Waals surface area contributed by atoms with E-state index in [0.29, 0.717) is 29.4 Å². The quantitative estimate of drug-likeness (QED) is 0.760. The molecule has 0 atom stereocenters. The fourth-order valence-corrected chi connectivity index (χ4v) is 2.28. The molecule has 0 radical (unpaired) electrons. The summed E-state index contributed by atoms with van der Waals surface area (Å²) in [5.41, 5.74) is 0. The Morgan fingerprint density at radius 2 is 2.12 bits per heavy atom. The first kappa shape index (κ1) is 12.6. The van der Waals surface area contributed by atoms with Crippen molar-refractivity contribution in [3.8, 4) is 5.88 Å². The Bertz CT molecular complexity index is 368. The Hall–Kier alpha value is -0.870. The van der Waals surface area contributed by atoms with Gasteiger partial charge in [0.1, 0.15) is 11.8 Å². The number of aromatic nitrogens is 2. The van der Waals surface area contributed by atoms with Crippen LogP contribution in [-0.4, -0.2) is 23.7 Å². The smallest absolute Gasteiger partial charge is 0.218 e. The van der Waals surface area contributed by atoms with E-state index in [0.717, 1.165) is 6.61 Å². The van der Waals surface area contributed by atoms with Gasteiger partial charge in [0, 0.05) is 13.2 Å². The predicted octanol–water partition coefficient (Wildman–Crippen LogP) is 2.85. The van der Waals surface area contributed by atoms with Crippen molar-refractivity contribution >= 4 is 11.6 Å². The predicted molar refractivity (Wildman–Crippen MR) is 65.2 cm³/mol. The van der Waals surface area contributed by atoms with Crippen molar-refractivity contribution in [3.63, 3.8) is 0 Å². The van der Waals surface area contributed by atoms with Crippen LogP contribution in [0.15, 0.2) is 6.07 Å². The first-order valence-electron chi connectivity index (χ1n) is 5.93. The number of nitrogens with zero attached hydrogens (tertiary/aromatic N) is 2. The molecule has 0 spiro atoms. The van der Waals surface area contributed by atoms with Crippen LogP contribution < -0.4 is 4.74 Å². The second kappa shape index (κ2) is 6.17. The molecule has 0 amide bonds. The molecule has 1 aromatic heterocycles. The highest BCUT2D eigenvalue weighted by molar-refractivity contribution is 6.29. The minimum absolute atomic E-state index is 0.348. The highest BCUT2D eigenvalue weighted by Gasteiger charge is 2.16. The topological polar surface area (TPSA) is 44.2 Å². The molecule has 0 aromatic carbocycles. The van der Waals surface area contributed by atoms with Gasteiger partial charge >= 0.3 is 0 Å². The maximum Gasteiger partial charge on any atom is 0.218 e. The molecule has 1 fully saturated rings. The van der Waals surface area contributed by atoms with Gasteiger partial charge in [-0.15, -0.1) is 0 Å². The van der Waals surface area contributed by atoms with Gasteiger partial charge in [0.15, 0.2) is 5.82 Å². The fourth-order valence-electron chi connectivity index (χ4n) is 2.09. The zero-order chi connectivity index (χ0) is 12.1. The Morgan fingerprint density at radius 3 is 2.82 bits per heavy atom. The molecule has 0 unspecified atom stereocenters. The number of hydrogen-bond acceptors (Lipinski definition) is 4. The molecular weight excluding hydrogens is 240 g/mol. The lowest BCUT2D eigenvalue weighted by Gasteiger charge is -2.11. The minimum atomic E-state index is 0.348. The Labute approximate surface area is 106 Å². The van der Waals surface area contributed by atoms with Crippen LogP contribution >= 0.6 is 11.6 Å². The molecule has 4 nitrogen and oxygen atoms in total. The highest BCUT2D eigenvalue weighted by atomic mass is 35.5. The minimum Gasteiger partial charge on any atom is -0.477 e. The van der Waals surface area contributed by atoms with E-state index in [-0.39, 0.29) is 0 Å². The van der Waals surface area contributed by atoms with Crippen molar-refractivity contribution < 1.29 is 9.47 Å². The second-order valence-corrected chi connectivity index (χ2v) is 4.73. The third-order valence-corrected chi connectivity index (χ3v) is 3.13. The maximum absolute atomic E-state index is 5.89. The first-order valence-corrected chi connectivity index (χ1v) is 6.31. The van der Waals surface area contributed by atoms with Crippen molar-refractivity contribution in [2.24, 2.45) is 5.92 Å². The van der Waals surface area contributed by atoms with Gasteiger partial charge in [-0.2, -0.15) is 4.98 Å². The van der Waals surface area contributed by atoms with Gasteiger partial charge < -0.3 is 9.47 Å². The van der Waals surface area contributed by atoms with Crippen LogP contribution in [0.2, 0.25) is 5.15 Å². The van der Waals surface area contributed by atoms with Crippen LogP contribution in [0.5, 0.6) is 5.88 Å². The van der Waals surface area contributed by atoms with E-state index in [4.69, 9.17) is 21.1 Å². The van der Waals surface area contributed by atoms with Crippen molar-refractivity contribution in [2.75, 3.05) is 13.7 Å². The Morgan fingerprint density at radius 1 is 1.35 bits per heavy atom. The molecule has 1 saturated carbocycles. The second-order valence-electron chi connectivity index (χ2n) is 4.34. The number of hydrogen-bond donors (Lipinski definition) is 0. The number of rotatable bonds is 5. The molecule has 1 aliphatic rings. The monoisotopic (exact) mass is 256 g/mol. The van der Waals surface area contributed by atoms with E-state index in [1.165, 1.54) is 25.7 Å². The van der Waals surface area contributed by atoms with E-state index in [2.05, 4.69) is 9.97 Å². The highest BCUT2D eigenvalue weighted by Crippen LogP contribution is 2.25.